The predicted molar refractivity (Wildman–Crippen MR) is 61.5 cm³/mol. The van der Waals surface area contributed by atoms with Crippen LogP contribution in [0.3, 0.4) is 0 Å². The molecule has 1 aromatic carbocycles. The van der Waals surface area contributed by atoms with Gasteiger partial charge in [0.25, 0.3) is 0 Å². The summed E-state index contributed by atoms with van der Waals surface area (Å²) >= 11 is 0. The van der Waals surface area contributed by atoms with Crippen molar-refractivity contribution >= 4 is 5.78 Å². The smallest absolute Gasteiger partial charge is 0.381 e. The number of carbonyl (C=O) groups is 1. The number of rotatable bonds is 2. The number of halogens is 3. The van der Waals surface area contributed by atoms with Crippen LogP contribution in [0.1, 0.15) is 29.6 Å². The van der Waals surface area contributed by atoms with E-state index < -0.39 is 18.4 Å². The summed E-state index contributed by atoms with van der Waals surface area (Å²) in [7, 11) is 0. The molecular formula is C13H15F3O2. The summed E-state index contributed by atoms with van der Waals surface area (Å²) < 4.78 is 40.3. The van der Waals surface area contributed by atoms with Gasteiger partial charge in [-0.25, -0.2) is 0 Å². The molecule has 0 N–H and O–H groups in total. The zero-order valence-corrected chi connectivity index (χ0v) is 9.87. The van der Waals surface area contributed by atoms with Gasteiger partial charge in [-0.05, 0) is 12.8 Å². The molecule has 100 valence electrons. The first-order valence-electron chi connectivity index (χ1n) is 5.72. The van der Waals surface area contributed by atoms with Gasteiger partial charge in [0.05, 0.1) is 0 Å². The Balaban J connectivity index is 0.000000269. The Morgan fingerprint density at radius 3 is 2.06 bits per heavy atom. The highest BCUT2D eigenvalue weighted by Gasteiger charge is 2.31. The summed E-state index contributed by atoms with van der Waals surface area (Å²) in [6.07, 6.45) is -3.26. The molecule has 1 aliphatic heterocycles. The van der Waals surface area contributed by atoms with Gasteiger partial charge in [0.1, 0.15) is 6.42 Å². The molecule has 0 saturated carbocycles. The third-order valence-corrected chi connectivity index (χ3v) is 2.28. The van der Waals surface area contributed by atoms with Gasteiger partial charge in [0.2, 0.25) is 0 Å². The molecule has 18 heavy (non-hydrogen) atoms. The largest absolute Gasteiger partial charge is 0.396 e. The normalized spacial score (nSPS) is 14.8. The maximum Gasteiger partial charge on any atom is 0.396 e. The first-order valence-corrected chi connectivity index (χ1v) is 5.72. The molecule has 1 aliphatic rings. The van der Waals surface area contributed by atoms with Crippen LogP contribution in [-0.4, -0.2) is 25.2 Å². The number of benzene rings is 1. The van der Waals surface area contributed by atoms with Gasteiger partial charge in [-0.3, -0.25) is 4.79 Å². The Kier molecular flexibility index (Phi) is 5.85. The van der Waals surface area contributed by atoms with Crippen LogP contribution in [0.2, 0.25) is 0 Å². The number of hydrogen-bond donors (Lipinski definition) is 0. The maximum absolute atomic E-state index is 11.8. The van der Waals surface area contributed by atoms with E-state index in [4.69, 9.17) is 4.74 Å². The van der Waals surface area contributed by atoms with Crippen molar-refractivity contribution in [2.24, 2.45) is 0 Å². The molecule has 0 unspecified atom stereocenters. The standard InChI is InChI=1S/C9H7F3O.C4H8O/c10-9(11,12)6-8(13)7-4-2-1-3-5-7;1-2-4-5-3-1/h1-5H,6H2;1-4H2. The van der Waals surface area contributed by atoms with Gasteiger partial charge >= 0.3 is 6.18 Å². The van der Waals surface area contributed by atoms with Crippen LogP contribution in [0.15, 0.2) is 30.3 Å². The summed E-state index contributed by atoms with van der Waals surface area (Å²) in [5, 5.41) is 0. The van der Waals surface area contributed by atoms with Gasteiger partial charge in [-0.1, -0.05) is 30.3 Å². The van der Waals surface area contributed by atoms with Crippen molar-refractivity contribution in [1.82, 2.24) is 0 Å². The summed E-state index contributed by atoms with van der Waals surface area (Å²) in [5.41, 5.74) is 0.0971. The van der Waals surface area contributed by atoms with E-state index in [1.807, 2.05) is 0 Å². The van der Waals surface area contributed by atoms with Crippen molar-refractivity contribution in [1.29, 1.82) is 0 Å². The fourth-order valence-corrected chi connectivity index (χ4v) is 1.42. The SMILES string of the molecule is C1CCOC1.O=C(CC(F)(F)F)c1ccccc1. The Morgan fingerprint density at radius 2 is 1.67 bits per heavy atom. The molecule has 2 rings (SSSR count). The van der Waals surface area contributed by atoms with Crippen LogP contribution in [0.25, 0.3) is 0 Å². The van der Waals surface area contributed by atoms with E-state index in [1.54, 1.807) is 6.07 Å². The molecule has 0 amide bonds. The molecule has 1 fully saturated rings. The highest BCUT2D eigenvalue weighted by atomic mass is 19.4. The number of carbonyl (C=O) groups excluding carboxylic acids is 1. The average molecular weight is 260 g/mol. The lowest BCUT2D eigenvalue weighted by Crippen LogP contribution is -2.14. The van der Waals surface area contributed by atoms with Crippen LogP contribution in [0.5, 0.6) is 0 Å². The molecule has 1 aromatic rings. The number of ether oxygens (including phenoxy) is 1. The third-order valence-electron chi connectivity index (χ3n) is 2.28. The topological polar surface area (TPSA) is 26.3 Å². The van der Waals surface area contributed by atoms with Gasteiger partial charge < -0.3 is 4.74 Å². The number of Topliss-reactive ketones (excluding diaryl/α,β-unsaturated/α-hetero) is 1. The molecule has 5 heteroatoms. The first kappa shape index (κ1) is 14.7. The van der Waals surface area contributed by atoms with Crippen LogP contribution in [0.4, 0.5) is 13.2 Å². The van der Waals surface area contributed by atoms with E-state index in [1.165, 1.54) is 37.1 Å². The van der Waals surface area contributed by atoms with Crippen LogP contribution in [0, 0.1) is 0 Å². The Labute approximate surface area is 104 Å². The van der Waals surface area contributed by atoms with Crippen molar-refractivity contribution in [3.63, 3.8) is 0 Å². The van der Waals surface area contributed by atoms with Crippen molar-refractivity contribution in [2.75, 3.05) is 13.2 Å². The van der Waals surface area contributed by atoms with Crippen molar-refractivity contribution in [3.05, 3.63) is 35.9 Å². The van der Waals surface area contributed by atoms with Crippen molar-refractivity contribution in [2.45, 2.75) is 25.4 Å². The summed E-state index contributed by atoms with van der Waals surface area (Å²) in [6.45, 7) is 2.00. The summed E-state index contributed by atoms with van der Waals surface area (Å²) in [6, 6.07) is 7.44. The molecule has 0 atom stereocenters. The molecule has 0 aliphatic carbocycles. The lowest BCUT2D eigenvalue weighted by molar-refractivity contribution is -0.125. The van der Waals surface area contributed by atoms with Crippen LogP contribution < -0.4 is 0 Å². The van der Waals surface area contributed by atoms with Gasteiger partial charge in [0, 0.05) is 18.8 Å². The first-order chi connectivity index (χ1) is 8.49. The van der Waals surface area contributed by atoms with E-state index in [-0.39, 0.29) is 5.56 Å². The molecule has 0 bridgehead atoms. The number of ketones is 1. The second kappa shape index (κ2) is 7.16. The van der Waals surface area contributed by atoms with Crippen LogP contribution in [-0.2, 0) is 4.74 Å². The monoisotopic (exact) mass is 260 g/mol. The minimum Gasteiger partial charge on any atom is -0.381 e. The Bertz CT molecular complexity index is 349. The van der Waals surface area contributed by atoms with E-state index in [0.717, 1.165) is 13.2 Å². The zero-order valence-electron chi connectivity index (χ0n) is 9.87. The molecular weight excluding hydrogens is 245 g/mol. The Morgan fingerprint density at radius 1 is 1.11 bits per heavy atom. The molecule has 1 heterocycles. The summed E-state index contributed by atoms with van der Waals surface area (Å²) in [4.78, 5) is 10.9. The molecule has 1 saturated heterocycles. The van der Waals surface area contributed by atoms with E-state index in [2.05, 4.69) is 0 Å². The number of hydrogen-bond acceptors (Lipinski definition) is 2. The zero-order chi connectivity index (χ0) is 13.4. The average Bonchev–Trinajstić information content (AvgIpc) is 2.86. The highest BCUT2D eigenvalue weighted by molar-refractivity contribution is 5.96. The molecule has 0 radical (unpaired) electrons. The molecule has 0 aromatic heterocycles. The van der Waals surface area contributed by atoms with E-state index in [9.17, 15) is 18.0 Å². The second-order valence-corrected chi connectivity index (χ2v) is 3.90. The minimum absolute atomic E-state index is 0.0971. The fraction of sp³-hybridized carbons (Fsp3) is 0.462. The minimum atomic E-state index is -4.42. The lowest BCUT2D eigenvalue weighted by Gasteiger charge is -2.04. The lowest BCUT2D eigenvalue weighted by atomic mass is 10.1. The predicted octanol–water partition coefficient (Wildman–Crippen LogP) is 3.62. The van der Waals surface area contributed by atoms with E-state index >= 15 is 0 Å². The number of alkyl halides is 3. The molecule has 2 nitrogen and oxygen atoms in total. The van der Waals surface area contributed by atoms with Crippen molar-refractivity contribution in [3.8, 4) is 0 Å². The van der Waals surface area contributed by atoms with Gasteiger partial charge in [-0.15, -0.1) is 0 Å². The second-order valence-electron chi connectivity index (χ2n) is 3.90. The maximum atomic E-state index is 11.8. The van der Waals surface area contributed by atoms with E-state index in [0.29, 0.717) is 0 Å². The summed E-state index contributed by atoms with van der Waals surface area (Å²) in [5.74, 6) is -0.895. The molecule has 0 spiro atoms. The third kappa shape index (κ3) is 6.39. The van der Waals surface area contributed by atoms with Crippen molar-refractivity contribution < 1.29 is 22.7 Å². The van der Waals surface area contributed by atoms with Crippen LogP contribution >= 0.6 is 0 Å². The quantitative estimate of drug-likeness (QED) is 0.759. The Hall–Kier alpha value is -1.36. The van der Waals surface area contributed by atoms with Gasteiger partial charge in [0.15, 0.2) is 5.78 Å². The van der Waals surface area contributed by atoms with Gasteiger partial charge in [-0.2, -0.15) is 13.2 Å². The highest BCUT2D eigenvalue weighted by Crippen LogP contribution is 2.21. The fourth-order valence-electron chi connectivity index (χ4n) is 1.42.